The first-order chi connectivity index (χ1) is 9.88. The summed E-state index contributed by atoms with van der Waals surface area (Å²) < 4.78 is 0. The van der Waals surface area contributed by atoms with Crippen LogP contribution in [0.1, 0.15) is 86.5 Å². The fourth-order valence-corrected chi connectivity index (χ4v) is 3.73. The van der Waals surface area contributed by atoms with Gasteiger partial charge in [0.1, 0.15) is 0 Å². The Balaban J connectivity index is 2.61. The molecule has 2 heteroatoms. The zero-order valence-corrected chi connectivity index (χ0v) is 15.6. The van der Waals surface area contributed by atoms with E-state index in [0.717, 1.165) is 6.54 Å². The molecular weight excluding hydrogens is 256 g/mol. The number of rotatable bonds is 8. The molecule has 1 heterocycles. The van der Waals surface area contributed by atoms with Crippen molar-refractivity contribution in [2.24, 2.45) is 5.41 Å². The summed E-state index contributed by atoms with van der Waals surface area (Å²) in [7, 11) is 0. The largest absolute Gasteiger partial charge is 0.308 e. The summed E-state index contributed by atoms with van der Waals surface area (Å²) in [4.78, 5) is 2.80. The molecule has 1 aliphatic rings. The van der Waals surface area contributed by atoms with E-state index in [1.54, 1.807) is 0 Å². The Morgan fingerprint density at radius 2 is 1.62 bits per heavy atom. The Bertz CT molecular complexity index is 276. The summed E-state index contributed by atoms with van der Waals surface area (Å²) in [6, 6.07) is 0.676. The van der Waals surface area contributed by atoms with Crippen molar-refractivity contribution < 1.29 is 0 Å². The fraction of sp³-hybridized carbons (Fsp3) is 1.00. The second kappa shape index (κ2) is 8.53. The van der Waals surface area contributed by atoms with Gasteiger partial charge >= 0.3 is 0 Å². The van der Waals surface area contributed by atoms with Crippen molar-refractivity contribution in [3.63, 3.8) is 0 Å². The fourth-order valence-electron chi connectivity index (χ4n) is 3.73. The van der Waals surface area contributed by atoms with Gasteiger partial charge in [0.05, 0.1) is 0 Å². The maximum Gasteiger partial charge on any atom is 0.0304 e. The molecule has 0 saturated carbocycles. The van der Waals surface area contributed by atoms with Crippen LogP contribution in [-0.4, -0.2) is 36.1 Å². The van der Waals surface area contributed by atoms with Crippen molar-refractivity contribution in [3.05, 3.63) is 0 Å². The van der Waals surface area contributed by atoms with E-state index in [-0.39, 0.29) is 0 Å². The maximum absolute atomic E-state index is 3.89. The molecule has 1 N–H and O–H groups in total. The molecule has 1 atom stereocenters. The molecule has 1 saturated heterocycles. The van der Waals surface area contributed by atoms with Crippen LogP contribution in [0, 0.1) is 5.41 Å². The van der Waals surface area contributed by atoms with E-state index in [1.165, 1.54) is 58.0 Å². The van der Waals surface area contributed by atoms with Gasteiger partial charge in [-0.05, 0) is 31.2 Å². The van der Waals surface area contributed by atoms with Crippen LogP contribution in [0.3, 0.4) is 0 Å². The Kier molecular flexibility index (Phi) is 7.70. The first-order valence-corrected chi connectivity index (χ1v) is 9.37. The van der Waals surface area contributed by atoms with Gasteiger partial charge in [0.15, 0.2) is 0 Å². The van der Waals surface area contributed by atoms with Crippen molar-refractivity contribution in [2.75, 3.05) is 19.6 Å². The average molecular weight is 297 g/mol. The molecule has 1 rings (SSSR count). The van der Waals surface area contributed by atoms with Crippen molar-refractivity contribution >= 4 is 0 Å². The van der Waals surface area contributed by atoms with E-state index in [0.29, 0.717) is 17.0 Å². The maximum atomic E-state index is 3.89. The molecule has 0 amide bonds. The summed E-state index contributed by atoms with van der Waals surface area (Å²) in [5, 5.41) is 3.89. The van der Waals surface area contributed by atoms with Crippen LogP contribution in [0.2, 0.25) is 0 Å². The highest BCUT2D eigenvalue weighted by Gasteiger charge is 2.40. The SMILES string of the molecule is CCCCCCCN1CC(CC)(CC)NCC1C(C)(C)C. The molecule has 0 radical (unpaired) electrons. The minimum absolute atomic E-state index is 0.352. The second-order valence-electron chi connectivity index (χ2n) is 8.13. The van der Waals surface area contributed by atoms with E-state index >= 15 is 0 Å². The summed E-state index contributed by atoms with van der Waals surface area (Å²) in [5.74, 6) is 0. The number of nitrogens with one attached hydrogen (secondary N) is 1. The van der Waals surface area contributed by atoms with Gasteiger partial charge in [-0.3, -0.25) is 4.90 Å². The van der Waals surface area contributed by atoms with Gasteiger partial charge in [0, 0.05) is 24.7 Å². The minimum atomic E-state index is 0.352. The van der Waals surface area contributed by atoms with E-state index < -0.39 is 0 Å². The molecular formula is C19H40N2. The zero-order chi connectivity index (χ0) is 15.9. The topological polar surface area (TPSA) is 15.3 Å². The first kappa shape index (κ1) is 19.0. The predicted octanol–water partition coefficient (Wildman–Crippen LogP) is 4.84. The molecule has 0 spiro atoms. The third-order valence-corrected chi connectivity index (χ3v) is 5.52. The lowest BCUT2D eigenvalue weighted by atomic mass is 9.80. The summed E-state index contributed by atoms with van der Waals surface area (Å²) >= 11 is 0. The van der Waals surface area contributed by atoms with Crippen molar-refractivity contribution in [3.8, 4) is 0 Å². The second-order valence-corrected chi connectivity index (χ2v) is 8.13. The molecule has 21 heavy (non-hydrogen) atoms. The van der Waals surface area contributed by atoms with Crippen LogP contribution in [0.4, 0.5) is 0 Å². The number of hydrogen-bond acceptors (Lipinski definition) is 2. The Morgan fingerprint density at radius 1 is 1.00 bits per heavy atom. The smallest absolute Gasteiger partial charge is 0.0304 e. The molecule has 1 unspecified atom stereocenters. The average Bonchev–Trinajstić information content (AvgIpc) is 2.45. The molecule has 0 aromatic carbocycles. The van der Waals surface area contributed by atoms with Crippen LogP contribution >= 0.6 is 0 Å². The van der Waals surface area contributed by atoms with Crippen LogP contribution in [0.25, 0.3) is 0 Å². The van der Waals surface area contributed by atoms with E-state index in [1.807, 2.05) is 0 Å². The summed E-state index contributed by atoms with van der Waals surface area (Å²) in [6.45, 7) is 17.8. The molecule has 0 aliphatic carbocycles. The number of nitrogens with zero attached hydrogens (tertiary/aromatic N) is 1. The third-order valence-electron chi connectivity index (χ3n) is 5.52. The standard InChI is InChI=1S/C19H40N2/c1-7-10-11-12-13-14-21-16-19(8-2,9-3)20-15-17(21)18(4,5)6/h17,20H,7-16H2,1-6H3. The van der Waals surface area contributed by atoms with Crippen molar-refractivity contribution in [1.29, 1.82) is 0 Å². The number of piperazine rings is 1. The lowest BCUT2D eigenvalue weighted by molar-refractivity contribution is 0.0177. The predicted molar refractivity (Wildman–Crippen MR) is 94.9 cm³/mol. The van der Waals surface area contributed by atoms with Crippen LogP contribution in [0.15, 0.2) is 0 Å². The molecule has 0 aromatic heterocycles. The lowest BCUT2D eigenvalue weighted by Gasteiger charge is -2.51. The van der Waals surface area contributed by atoms with Crippen molar-refractivity contribution in [2.45, 2.75) is 98.1 Å². The highest BCUT2D eigenvalue weighted by Crippen LogP contribution is 2.31. The zero-order valence-electron chi connectivity index (χ0n) is 15.6. The third kappa shape index (κ3) is 5.56. The van der Waals surface area contributed by atoms with Gasteiger partial charge in [0.25, 0.3) is 0 Å². The number of unbranched alkanes of at least 4 members (excludes halogenated alkanes) is 4. The Hall–Kier alpha value is -0.0800. The van der Waals surface area contributed by atoms with E-state index in [4.69, 9.17) is 0 Å². The minimum Gasteiger partial charge on any atom is -0.308 e. The number of hydrogen-bond donors (Lipinski definition) is 1. The van der Waals surface area contributed by atoms with Gasteiger partial charge in [-0.25, -0.2) is 0 Å². The summed E-state index contributed by atoms with van der Waals surface area (Å²) in [5.41, 5.74) is 0.717. The Morgan fingerprint density at radius 3 is 2.14 bits per heavy atom. The van der Waals surface area contributed by atoms with Gasteiger partial charge < -0.3 is 5.32 Å². The Labute approximate surface area is 134 Å². The monoisotopic (exact) mass is 296 g/mol. The van der Waals surface area contributed by atoms with Gasteiger partial charge in [0.2, 0.25) is 0 Å². The summed E-state index contributed by atoms with van der Waals surface area (Å²) in [6.07, 6.45) is 9.41. The normalized spacial score (nSPS) is 23.4. The van der Waals surface area contributed by atoms with Crippen LogP contribution in [0.5, 0.6) is 0 Å². The van der Waals surface area contributed by atoms with Crippen molar-refractivity contribution in [1.82, 2.24) is 10.2 Å². The lowest BCUT2D eigenvalue weighted by Crippen LogP contribution is -2.66. The van der Waals surface area contributed by atoms with Crippen LogP contribution < -0.4 is 5.32 Å². The molecule has 1 fully saturated rings. The quantitative estimate of drug-likeness (QED) is 0.645. The molecule has 126 valence electrons. The molecule has 0 aromatic rings. The van der Waals surface area contributed by atoms with Gasteiger partial charge in [-0.1, -0.05) is 67.2 Å². The van der Waals surface area contributed by atoms with Crippen LogP contribution in [-0.2, 0) is 0 Å². The van der Waals surface area contributed by atoms with E-state index in [9.17, 15) is 0 Å². The van der Waals surface area contributed by atoms with E-state index in [2.05, 4.69) is 51.8 Å². The highest BCUT2D eigenvalue weighted by molar-refractivity contribution is 4.99. The molecule has 0 bridgehead atoms. The molecule has 2 nitrogen and oxygen atoms in total. The molecule has 1 aliphatic heterocycles. The highest BCUT2D eigenvalue weighted by atomic mass is 15.3. The van der Waals surface area contributed by atoms with Gasteiger partial charge in [-0.2, -0.15) is 0 Å². The first-order valence-electron chi connectivity index (χ1n) is 9.37. The van der Waals surface area contributed by atoms with Gasteiger partial charge in [-0.15, -0.1) is 0 Å².